The Labute approximate surface area is 184 Å². The Balaban J connectivity index is 1.66. The third-order valence-electron chi connectivity index (χ3n) is 6.57. The van der Waals surface area contributed by atoms with Gasteiger partial charge < -0.3 is 15.3 Å². The maximum absolute atomic E-state index is 12.8. The Kier molecular flexibility index (Phi) is 7.85. The number of carbonyl (C=O) groups excluding carboxylic acids is 2. The first kappa shape index (κ1) is 23.0. The molecule has 1 saturated carbocycles. The fourth-order valence-corrected chi connectivity index (χ4v) is 4.65. The molecule has 0 saturated heterocycles. The summed E-state index contributed by atoms with van der Waals surface area (Å²) in [4.78, 5) is 26.2. The lowest BCUT2D eigenvalue weighted by Gasteiger charge is -2.34. The first-order chi connectivity index (χ1) is 14.9. The highest BCUT2D eigenvalue weighted by Gasteiger charge is 2.39. The minimum atomic E-state index is -0.581. The number of hydrogen-bond acceptors (Lipinski definition) is 4. The van der Waals surface area contributed by atoms with Crippen LogP contribution in [0.4, 0.5) is 0 Å². The zero-order valence-electron chi connectivity index (χ0n) is 18.5. The molecule has 31 heavy (non-hydrogen) atoms. The van der Waals surface area contributed by atoms with Crippen LogP contribution in [0.3, 0.4) is 0 Å². The summed E-state index contributed by atoms with van der Waals surface area (Å²) in [6.45, 7) is 2.77. The molecule has 1 aliphatic rings. The standard InChI is InChI=1S/C24H34N4O3/c1-19(29)25-18-24(20-8-4-3-5-9-20)13-11-21(22(30)12-14-24)27(2)23(31)10-6-16-28-17-7-15-26-28/h3-5,7-9,15,17,21-22,30H,6,10-14,16,18H2,1-2H3,(H,25,29)/t21-,22-,24-/m1/s1. The summed E-state index contributed by atoms with van der Waals surface area (Å²) in [6, 6.07) is 11.9. The third-order valence-corrected chi connectivity index (χ3v) is 6.57. The van der Waals surface area contributed by atoms with E-state index in [1.54, 1.807) is 18.1 Å². The van der Waals surface area contributed by atoms with Crippen LogP contribution in [0.25, 0.3) is 0 Å². The van der Waals surface area contributed by atoms with Gasteiger partial charge in [0.1, 0.15) is 0 Å². The van der Waals surface area contributed by atoms with Crippen molar-refractivity contribution in [1.82, 2.24) is 20.0 Å². The minimum absolute atomic E-state index is 0.0466. The number of aryl methyl sites for hydroxylation is 1. The zero-order valence-corrected chi connectivity index (χ0v) is 18.5. The summed E-state index contributed by atoms with van der Waals surface area (Å²) in [5, 5.41) is 18.1. The van der Waals surface area contributed by atoms with Crippen molar-refractivity contribution >= 4 is 11.8 Å². The van der Waals surface area contributed by atoms with Gasteiger partial charge in [-0.3, -0.25) is 14.3 Å². The summed E-state index contributed by atoms with van der Waals surface area (Å²) in [5.41, 5.74) is 0.928. The van der Waals surface area contributed by atoms with Gasteiger partial charge in [0.2, 0.25) is 11.8 Å². The molecule has 2 N–H and O–H groups in total. The molecule has 1 aromatic carbocycles. The second kappa shape index (κ2) is 10.6. The topological polar surface area (TPSA) is 87.5 Å². The van der Waals surface area contributed by atoms with Crippen LogP contribution in [0.1, 0.15) is 51.0 Å². The molecule has 168 valence electrons. The van der Waals surface area contributed by atoms with E-state index in [1.807, 2.05) is 35.1 Å². The Bertz CT molecular complexity index is 840. The van der Waals surface area contributed by atoms with Crippen molar-refractivity contribution < 1.29 is 14.7 Å². The lowest BCUT2D eigenvalue weighted by Crippen LogP contribution is -2.44. The van der Waals surface area contributed by atoms with E-state index in [0.717, 1.165) is 12.8 Å². The van der Waals surface area contributed by atoms with Gasteiger partial charge in [0.25, 0.3) is 0 Å². The highest BCUT2D eigenvalue weighted by Crippen LogP contribution is 2.39. The quantitative estimate of drug-likeness (QED) is 0.635. The number of carbonyl (C=O) groups is 2. The van der Waals surface area contributed by atoms with Gasteiger partial charge >= 0.3 is 0 Å². The predicted molar refractivity (Wildman–Crippen MR) is 119 cm³/mol. The lowest BCUT2D eigenvalue weighted by molar-refractivity contribution is -0.134. The lowest BCUT2D eigenvalue weighted by atomic mass is 9.74. The van der Waals surface area contributed by atoms with Crippen molar-refractivity contribution in [3.05, 3.63) is 54.4 Å². The van der Waals surface area contributed by atoms with E-state index in [0.29, 0.717) is 38.8 Å². The number of aliphatic hydroxyl groups excluding tert-OH is 1. The maximum atomic E-state index is 12.8. The maximum Gasteiger partial charge on any atom is 0.222 e. The molecule has 2 amide bonds. The SMILES string of the molecule is CC(=O)NC[C@]1(c2ccccc2)CC[C@@H](O)[C@H](N(C)C(=O)CCCn2cccn2)CC1. The van der Waals surface area contributed by atoms with E-state index in [-0.39, 0.29) is 23.3 Å². The van der Waals surface area contributed by atoms with Crippen molar-refractivity contribution in [2.24, 2.45) is 0 Å². The zero-order chi connectivity index (χ0) is 22.3. The smallest absolute Gasteiger partial charge is 0.222 e. The van der Waals surface area contributed by atoms with Gasteiger partial charge in [-0.25, -0.2) is 0 Å². The molecule has 0 aliphatic heterocycles. The van der Waals surface area contributed by atoms with Gasteiger partial charge in [0.15, 0.2) is 0 Å². The van der Waals surface area contributed by atoms with Crippen molar-refractivity contribution in [3.8, 4) is 0 Å². The molecule has 1 heterocycles. The molecule has 7 nitrogen and oxygen atoms in total. The van der Waals surface area contributed by atoms with E-state index < -0.39 is 6.10 Å². The van der Waals surface area contributed by atoms with Gasteiger partial charge in [-0.05, 0) is 43.7 Å². The van der Waals surface area contributed by atoms with Gasteiger partial charge in [-0.2, -0.15) is 5.10 Å². The van der Waals surface area contributed by atoms with Crippen LogP contribution in [0.15, 0.2) is 48.8 Å². The van der Waals surface area contributed by atoms with E-state index in [9.17, 15) is 14.7 Å². The normalized spacial score (nSPS) is 23.7. The van der Waals surface area contributed by atoms with Crippen LogP contribution in [0.5, 0.6) is 0 Å². The molecule has 2 aromatic rings. The van der Waals surface area contributed by atoms with Gasteiger partial charge in [-0.15, -0.1) is 0 Å². The highest BCUT2D eigenvalue weighted by atomic mass is 16.3. The number of hydrogen-bond donors (Lipinski definition) is 2. The van der Waals surface area contributed by atoms with Crippen molar-refractivity contribution in [2.45, 2.75) is 69.6 Å². The molecule has 1 aliphatic carbocycles. The highest BCUT2D eigenvalue weighted by molar-refractivity contribution is 5.76. The molecule has 7 heteroatoms. The van der Waals surface area contributed by atoms with Gasteiger partial charge in [0, 0.05) is 51.3 Å². The van der Waals surface area contributed by atoms with Crippen LogP contribution in [-0.4, -0.2) is 57.3 Å². The monoisotopic (exact) mass is 426 g/mol. The van der Waals surface area contributed by atoms with E-state index in [4.69, 9.17) is 0 Å². The number of nitrogens with zero attached hydrogens (tertiary/aromatic N) is 3. The Hall–Kier alpha value is -2.67. The van der Waals surface area contributed by atoms with Crippen molar-refractivity contribution in [2.75, 3.05) is 13.6 Å². The number of nitrogens with one attached hydrogen (secondary N) is 1. The van der Waals surface area contributed by atoms with Crippen LogP contribution in [0, 0.1) is 0 Å². The Morgan fingerprint density at radius 3 is 2.65 bits per heavy atom. The minimum Gasteiger partial charge on any atom is -0.391 e. The predicted octanol–water partition coefficient (Wildman–Crippen LogP) is 2.50. The molecule has 0 bridgehead atoms. The molecule has 0 unspecified atom stereocenters. The summed E-state index contributed by atoms with van der Waals surface area (Å²) in [6.07, 6.45) is 7.01. The fourth-order valence-electron chi connectivity index (χ4n) is 4.65. The summed E-state index contributed by atoms with van der Waals surface area (Å²) < 4.78 is 1.82. The first-order valence-electron chi connectivity index (χ1n) is 11.1. The molecular weight excluding hydrogens is 392 g/mol. The average molecular weight is 427 g/mol. The fraction of sp³-hybridized carbons (Fsp3) is 0.542. The van der Waals surface area contributed by atoms with E-state index >= 15 is 0 Å². The molecule has 0 spiro atoms. The second-order valence-corrected chi connectivity index (χ2v) is 8.65. The molecule has 3 rings (SSSR count). The third kappa shape index (κ3) is 5.94. The molecule has 1 aromatic heterocycles. The van der Waals surface area contributed by atoms with Crippen LogP contribution in [0.2, 0.25) is 0 Å². The Morgan fingerprint density at radius 2 is 1.97 bits per heavy atom. The van der Waals surface area contributed by atoms with E-state index in [2.05, 4.69) is 22.5 Å². The van der Waals surface area contributed by atoms with Crippen molar-refractivity contribution in [3.63, 3.8) is 0 Å². The number of benzene rings is 1. The number of likely N-dealkylation sites (N-methyl/N-ethyl adjacent to an activating group) is 1. The summed E-state index contributed by atoms with van der Waals surface area (Å²) in [5.74, 6) is -0.00796. The van der Waals surface area contributed by atoms with Crippen LogP contribution >= 0.6 is 0 Å². The van der Waals surface area contributed by atoms with E-state index in [1.165, 1.54) is 12.5 Å². The number of rotatable bonds is 8. The molecular formula is C24H34N4O3. The first-order valence-corrected chi connectivity index (χ1v) is 11.1. The van der Waals surface area contributed by atoms with Crippen LogP contribution in [-0.2, 0) is 21.5 Å². The molecule has 3 atom stereocenters. The largest absolute Gasteiger partial charge is 0.391 e. The summed E-state index contributed by atoms with van der Waals surface area (Å²) in [7, 11) is 1.80. The second-order valence-electron chi connectivity index (χ2n) is 8.65. The number of aromatic nitrogens is 2. The number of amides is 2. The molecule has 1 fully saturated rings. The Morgan fingerprint density at radius 1 is 1.23 bits per heavy atom. The summed E-state index contributed by atoms with van der Waals surface area (Å²) >= 11 is 0. The average Bonchev–Trinajstić information content (AvgIpc) is 3.22. The van der Waals surface area contributed by atoms with Gasteiger partial charge in [0.05, 0.1) is 12.1 Å². The van der Waals surface area contributed by atoms with Crippen molar-refractivity contribution in [1.29, 1.82) is 0 Å². The van der Waals surface area contributed by atoms with Gasteiger partial charge in [-0.1, -0.05) is 30.3 Å². The number of aliphatic hydroxyl groups is 1. The molecule has 0 radical (unpaired) electrons. The van der Waals surface area contributed by atoms with Crippen LogP contribution < -0.4 is 5.32 Å².